The summed E-state index contributed by atoms with van der Waals surface area (Å²) >= 11 is 0. The normalized spacial score (nSPS) is 15.4. The summed E-state index contributed by atoms with van der Waals surface area (Å²) in [4.78, 5) is 45.7. The Morgan fingerprint density at radius 3 is 2.33 bits per heavy atom. The number of nitrogens with one attached hydrogen (secondary N) is 4. The molecule has 14 nitrogen and oxygen atoms in total. The Morgan fingerprint density at radius 1 is 0.941 bits per heavy atom. The summed E-state index contributed by atoms with van der Waals surface area (Å²) in [6, 6.07) is 12.6. The lowest BCUT2D eigenvalue weighted by Crippen LogP contribution is -2.60. The van der Waals surface area contributed by atoms with Gasteiger partial charge in [0.25, 0.3) is 11.8 Å². The molecule has 0 bridgehead atoms. The van der Waals surface area contributed by atoms with Gasteiger partial charge < -0.3 is 31.1 Å². The lowest BCUT2D eigenvalue weighted by molar-refractivity contribution is -0.117. The summed E-state index contributed by atoms with van der Waals surface area (Å²) in [5.74, 6) is -0.560. The molecule has 3 aromatic heterocycles. The zero-order valence-electron chi connectivity index (χ0n) is 29.5. The molecule has 5 heterocycles. The van der Waals surface area contributed by atoms with Crippen molar-refractivity contribution in [3.63, 3.8) is 0 Å². The highest BCUT2D eigenvalue weighted by Gasteiger charge is 2.41. The third-order valence-corrected chi connectivity index (χ3v) is 9.05. The van der Waals surface area contributed by atoms with Crippen LogP contribution in [0.2, 0.25) is 0 Å². The van der Waals surface area contributed by atoms with E-state index in [9.17, 15) is 14.4 Å². The molecule has 2 aliphatic heterocycles. The van der Waals surface area contributed by atoms with Crippen LogP contribution >= 0.6 is 0 Å². The van der Waals surface area contributed by atoms with Crippen molar-refractivity contribution < 1.29 is 14.4 Å². The molecular formula is C35H41B2N11O3. The molecule has 0 atom stereocenters. The van der Waals surface area contributed by atoms with Gasteiger partial charge in [-0.1, -0.05) is 38.5 Å². The number of anilines is 4. The van der Waals surface area contributed by atoms with Gasteiger partial charge in [0.1, 0.15) is 5.69 Å². The van der Waals surface area contributed by atoms with E-state index < -0.39 is 11.2 Å². The molecule has 7 rings (SSSR count). The zero-order valence-corrected chi connectivity index (χ0v) is 29.5. The van der Waals surface area contributed by atoms with E-state index in [0.29, 0.717) is 31.0 Å². The minimum Gasteiger partial charge on any atom is -0.366 e. The van der Waals surface area contributed by atoms with E-state index in [0.717, 1.165) is 41.0 Å². The number of hydrogen-bond acceptors (Lipinski definition) is 10. The predicted molar refractivity (Wildman–Crippen MR) is 197 cm³/mol. The van der Waals surface area contributed by atoms with Gasteiger partial charge in [0.15, 0.2) is 11.5 Å². The highest BCUT2D eigenvalue weighted by Crippen LogP contribution is 2.45. The van der Waals surface area contributed by atoms with E-state index in [-0.39, 0.29) is 41.0 Å². The Bertz CT molecular complexity index is 1960. The zero-order chi connectivity index (χ0) is 36.4. The third kappa shape index (κ3) is 7.05. The van der Waals surface area contributed by atoms with Crippen molar-refractivity contribution in [2.45, 2.75) is 51.0 Å². The number of likely N-dealkylation sites (tertiary alicyclic amines) is 1. The Labute approximate surface area is 300 Å². The van der Waals surface area contributed by atoms with E-state index in [4.69, 9.17) is 20.8 Å². The lowest BCUT2D eigenvalue weighted by Gasteiger charge is -2.50. The van der Waals surface area contributed by atoms with Gasteiger partial charge in [-0.2, -0.15) is 5.10 Å². The van der Waals surface area contributed by atoms with Crippen molar-refractivity contribution in [3.8, 4) is 11.1 Å². The number of rotatable bonds is 9. The quantitative estimate of drug-likeness (QED) is 0.193. The van der Waals surface area contributed by atoms with Crippen molar-refractivity contribution in [2.24, 2.45) is 5.92 Å². The molecular weight excluding hydrogens is 644 g/mol. The molecule has 4 aromatic rings. The fraction of sp³-hybridized carbons (Fsp3) is 0.400. The number of pyridine rings is 1. The van der Waals surface area contributed by atoms with E-state index >= 15 is 0 Å². The number of fused-ring (bicyclic) bond motifs is 3. The van der Waals surface area contributed by atoms with Crippen LogP contribution in [0.3, 0.4) is 0 Å². The smallest absolute Gasteiger partial charge is 0.273 e. The van der Waals surface area contributed by atoms with Gasteiger partial charge in [0.2, 0.25) is 5.91 Å². The van der Waals surface area contributed by atoms with Crippen LogP contribution in [0.5, 0.6) is 0 Å². The highest BCUT2D eigenvalue weighted by molar-refractivity contribution is 6.39. The van der Waals surface area contributed by atoms with E-state index in [2.05, 4.69) is 55.2 Å². The minimum absolute atomic E-state index is 0.00718. The van der Waals surface area contributed by atoms with Crippen LogP contribution in [0.4, 0.5) is 22.9 Å². The number of carbonyl (C=O) groups excluding carboxylic acids is 3. The first-order valence-electron chi connectivity index (χ1n) is 17.1. The number of aromatic nitrogens is 5. The van der Waals surface area contributed by atoms with E-state index in [1.165, 1.54) is 13.5 Å². The van der Waals surface area contributed by atoms with Gasteiger partial charge in [-0.3, -0.25) is 19.1 Å². The summed E-state index contributed by atoms with van der Waals surface area (Å²) in [5, 5.41) is 23.0. The fourth-order valence-corrected chi connectivity index (χ4v) is 6.20. The lowest BCUT2D eigenvalue weighted by atomic mass is 9.57. The van der Waals surface area contributed by atoms with Gasteiger partial charge in [0, 0.05) is 63.0 Å². The summed E-state index contributed by atoms with van der Waals surface area (Å²) < 4.78 is 2.03. The summed E-state index contributed by atoms with van der Waals surface area (Å²) in [6.45, 7) is 5.91. The molecule has 0 unspecified atom stereocenters. The van der Waals surface area contributed by atoms with Crippen LogP contribution in [0.1, 0.15) is 71.5 Å². The second kappa shape index (κ2) is 14.5. The summed E-state index contributed by atoms with van der Waals surface area (Å²) in [6.07, 6.45) is 4.83. The van der Waals surface area contributed by atoms with Crippen molar-refractivity contribution in [2.75, 3.05) is 49.8 Å². The van der Waals surface area contributed by atoms with Crippen LogP contribution in [-0.2, 0) is 16.7 Å². The maximum atomic E-state index is 12.7. The number of carbonyl (C=O) groups is 3. The standard InChI is InChI=1S/C32H33B2N11O3.C3H8/c1-35-30(47)22-8-5-9-25(39-22)32(33,34)44-14-18(15-44)45-24-16-43(3)28-19(20(24)13-37-45)6-4-7-21(28)38-23-12-26(40-29(46)17-10-11-17)41-42-27(23)31(48)36-2;1-3-2/h4-9,12-13,17-18H,10-11,14-16H2,1-3H3,(H,35,47)(H,36,48)(H2,38,40,41,46);3H2,1-2H3. The fourth-order valence-electron chi connectivity index (χ4n) is 6.20. The van der Waals surface area contributed by atoms with Crippen LogP contribution in [0.15, 0.2) is 48.7 Å². The summed E-state index contributed by atoms with van der Waals surface area (Å²) in [5.41, 5.74) is 5.86. The topological polar surface area (TPSA) is 162 Å². The second-order valence-electron chi connectivity index (χ2n) is 13.0. The largest absolute Gasteiger partial charge is 0.366 e. The van der Waals surface area contributed by atoms with Crippen LogP contribution < -0.4 is 26.2 Å². The molecule has 2 fully saturated rings. The molecule has 3 amide bonds. The molecule has 0 spiro atoms. The average molecular weight is 685 g/mol. The molecule has 1 aromatic carbocycles. The SMILES string of the molecule is CCC.[B]C([B])(c1cccc(C(=O)NC)n1)N1CC(n2ncc3c2CN(C)c2c(Nc4cc(NC(=O)C5CC5)nnc4C(=O)NC)cccc2-3)C1. The van der Waals surface area contributed by atoms with Crippen LogP contribution in [-0.4, -0.2) is 97.5 Å². The number of benzene rings is 1. The van der Waals surface area contributed by atoms with Crippen molar-refractivity contribution in [1.29, 1.82) is 0 Å². The highest BCUT2D eigenvalue weighted by atomic mass is 16.2. The average Bonchev–Trinajstić information content (AvgIpc) is 3.88. The summed E-state index contributed by atoms with van der Waals surface area (Å²) in [7, 11) is 18.2. The molecule has 1 saturated carbocycles. The first-order chi connectivity index (χ1) is 24.5. The number of nitrogens with zero attached hydrogens (tertiary/aromatic N) is 7. The molecule has 3 aliphatic rings. The van der Waals surface area contributed by atoms with Gasteiger partial charge >= 0.3 is 0 Å². The van der Waals surface area contributed by atoms with Gasteiger partial charge in [-0.05, 0) is 36.4 Å². The maximum absolute atomic E-state index is 12.7. The Morgan fingerprint density at radius 2 is 1.65 bits per heavy atom. The van der Waals surface area contributed by atoms with E-state index in [1.54, 1.807) is 31.3 Å². The Kier molecular flexibility index (Phi) is 10.1. The maximum Gasteiger partial charge on any atom is 0.273 e. The molecule has 260 valence electrons. The number of amides is 3. The predicted octanol–water partition coefficient (Wildman–Crippen LogP) is 2.92. The molecule has 4 N–H and O–H groups in total. The molecule has 16 heteroatoms. The van der Waals surface area contributed by atoms with E-state index in [1.807, 2.05) is 41.0 Å². The Hall–Kier alpha value is -5.24. The Balaban J connectivity index is 0.00000144. The molecule has 1 aliphatic carbocycles. The van der Waals surface area contributed by atoms with Crippen LogP contribution in [0, 0.1) is 5.92 Å². The first kappa shape index (κ1) is 35.6. The second-order valence-corrected chi connectivity index (χ2v) is 13.0. The monoisotopic (exact) mass is 685 g/mol. The first-order valence-corrected chi connectivity index (χ1v) is 17.1. The van der Waals surface area contributed by atoms with Gasteiger partial charge in [0.05, 0.1) is 57.2 Å². The van der Waals surface area contributed by atoms with Crippen molar-refractivity contribution in [3.05, 3.63) is 71.4 Å². The third-order valence-electron chi connectivity index (χ3n) is 9.05. The number of para-hydroxylation sites is 1. The van der Waals surface area contributed by atoms with Crippen LogP contribution in [0.25, 0.3) is 11.1 Å². The van der Waals surface area contributed by atoms with Crippen molar-refractivity contribution >= 4 is 56.3 Å². The van der Waals surface area contributed by atoms with Crippen molar-refractivity contribution in [1.82, 2.24) is 40.5 Å². The minimum atomic E-state index is -1.37. The van der Waals surface area contributed by atoms with Gasteiger partial charge in [-0.15, -0.1) is 10.2 Å². The van der Waals surface area contributed by atoms with Gasteiger partial charge in [-0.25, -0.2) is 4.98 Å². The molecule has 4 radical (unpaired) electrons. The number of hydrogen-bond donors (Lipinski definition) is 4. The molecule has 1 saturated heterocycles. The molecule has 51 heavy (non-hydrogen) atoms.